The minimum Gasteiger partial charge on any atom is -0.310 e. The summed E-state index contributed by atoms with van der Waals surface area (Å²) in [7, 11) is 4.17. The zero-order chi connectivity index (χ0) is 12.5. The van der Waals surface area contributed by atoms with Gasteiger partial charge in [-0.05, 0) is 39.5 Å². The molecule has 0 atom stereocenters. The van der Waals surface area contributed by atoms with Gasteiger partial charge in [-0.2, -0.15) is 5.10 Å². The lowest BCUT2D eigenvalue weighted by molar-refractivity contribution is 0.395. The van der Waals surface area contributed by atoms with E-state index in [1.807, 2.05) is 6.07 Å². The molecule has 0 aromatic heterocycles. The van der Waals surface area contributed by atoms with Gasteiger partial charge in [-0.25, -0.2) is 0 Å². The first-order valence-corrected chi connectivity index (χ1v) is 6.13. The van der Waals surface area contributed by atoms with Crippen molar-refractivity contribution in [2.24, 2.45) is 5.10 Å². The molecule has 1 rings (SSSR count). The predicted molar refractivity (Wildman–Crippen MR) is 74.4 cm³/mol. The lowest BCUT2D eigenvalue weighted by Crippen LogP contribution is -2.19. The summed E-state index contributed by atoms with van der Waals surface area (Å²) in [5, 5.41) is 4.36. The van der Waals surface area contributed by atoms with E-state index in [-0.39, 0.29) is 0 Å². The van der Waals surface area contributed by atoms with Crippen molar-refractivity contribution in [2.75, 3.05) is 27.2 Å². The summed E-state index contributed by atoms with van der Waals surface area (Å²) in [6.07, 6.45) is 2.04. The Kier molecular flexibility index (Phi) is 6.33. The normalized spacial score (nSPS) is 11.9. The average Bonchev–Trinajstić information content (AvgIpc) is 2.29. The van der Waals surface area contributed by atoms with Crippen molar-refractivity contribution in [2.45, 2.75) is 19.8 Å². The Morgan fingerprint density at radius 1 is 1.24 bits per heavy atom. The van der Waals surface area contributed by atoms with E-state index < -0.39 is 0 Å². The van der Waals surface area contributed by atoms with Gasteiger partial charge in [0.15, 0.2) is 0 Å². The predicted octanol–water partition coefficient (Wildman–Crippen LogP) is 2.15. The molecule has 0 aliphatic carbocycles. The highest BCUT2D eigenvalue weighted by Crippen LogP contribution is 2.00. The molecule has 0 radical (unpaired) electrons. The van der Waals surface area contributed by atoms with Crippen LogP contribution in [0.3, 0.4) is 0 Å². The molecule has 1 aromatic carbocycles. The first-order chi connectivity index (χ1) is 8.18. The van der Waals surface area contributed by atoms with E-state index in [1.54, 1.807) is 0 Å². The molecule has 94 valence electrons. The molecule has 1 N–H and O–H groups in total. The van der Waals surface area contributed by atoms with Crippen LogP contribution in [0.25, 0.3) is 0 Å². The Bertz CT molecular complexity index is 331. The third kappa shape index (κ3) is 6.74. The van der Waals surface area contributed by atoms with Crippen LogP contribution < -0.4 is 5.43 Å². The molecule has 0 aliphatic rings. The van der Waals surface area contributed by atoms with Crippen LogP contribution in [0.5, 0.6) is 0 Å². The zero-order valence-electron chi connectivity index (χ0n) is 11.1. The third-order valence-electron chi connectivity index (χ3n) is 2.47. The Hall–Kier alpha value is -1.35. The summed E-state index contributed by atoms with van der Waals surface area (Å²) in [5.41, 5.74) is 5.56. The maximum Gasteiger partial charge on any atom is 0.0391 e. The van der Waals surface area contributed by atoms with Crippen LogP contribution in [0.2, 0.25) is 0 Å². The second-order valence-electron chi connectivity index (χ2n) is 4.57. The van der Waals surface area contributed by atoms with Crippen molar-refractivity contribution in [1.29, 1.82) is 0 Å². The molecule has 3 nitrogen and oxygen atoms in total. The summed E-state index contributed by atoms with van der Waals surface area (Å²) < 4.78 is 0. The van der Waals surface area contributed by atoms with Crippen LogP contribution in [-0.4, -0.2) is 37.8 Å². The van der Waals surface area contributed by atoms with Crippen molar-refractivity contribution in [1.82, 2.24) is 10.3 Å². The lowest BCUT2D eigenvalue weighted by atomic mass is 10.1. The van der Waals surface area contributed by atoms with E-state index in [1.165, 1.54) is 5.56 Å². The van der Waals surface area contributed by atoms with E-state index >= 15 is 0 Å². The molecule has 3 heteroatoms. The van der Waals surface area contributed by atoms with Crippen molar-refractivity contribution >= 4 is 5.71 Å². The van der Waals surface area contributed by atoms with Crippen LogP contribution in [0.1, 0.15) is 18.9 Å². The third-order valence-corrected chi connectivity index (χ3v) is 2.47. The van der Waals surface area contributed by atoms with Crippen LogP contribution in [0.15, 0.2) is 35.4 Å². The monoisotopic (exact) mass is 233 g/mol. The molecule has 0 unspecified atom stereocenters. The highest BCUT2D eigenvalue weighted by molar-refractivity contribution is 5.83. The zero-order valence-corrected chi connectivity index (χ0v) is 11.1. The number of benzene rings is 1. The fraction of sp³-hybridized carbons (Fsp3) is 0.500. The Labute approximate surface area is 105 Å². The highest BCUT2D eigenvalue weighted by atomic mass is 15.3. The average molecular weight is 233 g/mol. The standard InChI is InChI=1S/C14H23N3/c1-13(12-14-8-5-4-6-9-14)16-15-10-7-11-17(2)3/h4-6,8-9,15H,7,10-12H2,1-3H3/b16-13+. The highest BCUT2D eigenvalue weighted by Gasteiger charge is 1.95. The lowest BCUT2D eigenvalue weighted by Gasteiger charge is -2.08. The molecule has 0 saturated heterocycles. The summed E-state index contributed by atoms with van der Waals surface area (Å²) in [6, 6.07) is 10.4. The Morgan fingerprint density at radius 3 is 2.59 bits per heavy atom. The number of rotatable bonds is 7. The molecular weight excluding hydrogens is 210 g/mol. The summed E-state index contributed by atoms with van der Waals surface area (Å²) >= 11 is 0. The first kappa shape index (κ1) is 13.7. The van der Waals surface area contributed by atoms with Crippen LogP contribution in [-0.2, 0) is 6.42 Å². The second kappa shape index (κ2) is 7.85. The molecule has 1 aromatic rings. The van der Waals surface area contributed by atoms with Gasteiger partial charge in [-0.15, -0.1) is 0 Å². The summed E-state index contributed by atoms with van der Waals surface area (Å²) in [6.45, 7) is 4.09. The van der Waals surface area contributed by atoms with Gasteiger partial charge in [0, 0.05) is 18.7 Å². The summed E-state index contributed by atoms with van der Waals surface area (Å²) in [4.78, 5) is 2.18. The van der Waals surface area contributed by atoms with Crippen molar-refractivity contribution in [3.63, 3.8) is 0 Å². The molecule has 0 bridgehead atoms. The molecule has 0 amide bonds. The quantitative estimate of drug-likeness (QED) is 0.444. The van der Waals surface area contributed by atoms with Crippen LogP contribution >= 0.6 is 0 Å². The van der Waals surface area contributed by atoms with Gasteiger partial charge in [-0.1, -0.05) is 30.3 Å². The molecule has 17 heavy (non-hydrogen) atoms. The van der Waals surface area contributed by atoms with Crippen molar-refractivity contribution in [3.8, 4) is 0 Å². The second-order valence-corrected chi connectivity index (χ2v) is 4.57. The van der Waals surface area contributed by atoms with Gasteiger partial charge in [0.05, 0.1) is 0 Å². The number of nitrogens with zero attached hydrogens (tertiary/aromatic N) is 2. The summed E-state index contributed by atoms with van der Waals surface area (Å²) in [5.74, 6) is 0. The maximum atomic E-state index is 4.36. The van der Waals surface area contributed by atoms with Gasteiger partial charge in [-0.3, -0.25) is 0 Å². The van der Waals surface area contributed by atoms with Crippen LogP contribution in [0.4, 0.5) is 0 Å². The van der Waals surface area contributed by atoms with Gasteiger partial charge < -0.3 is 10.3 Å². The van der Waals surface area contributed by atoms with Crippen molar-refractivity contribution < 1.29 is 0 Å². The Balaban J connectivity index is 2.21. The van der Waals surface area contributed by atoms with Gasteiger partial charge in [0.2, 0.25) is 0 Å². The van der Waals surface area contributed by atoms with E-state index in [4.69, 9.17) is 0 Å². The molecule has 0 fully saturated rings. The smallest absolute Gasteiger partial charge is 0.0391 e. The van der Waals surface area contributed by atoms with Crippen LogP contribution in [0, 0.1) is 0 Å². The van der Waals surface area contributed by atoms with E-state index in [0.717, 1.165) is 31.6 Å². The Morgan fingerprint density at radius 2 is 1.94 bits per heavy atom. The van der Waals surface area contributed by atoms with E-state index in [0.29, 0.717) is 0 Å². The van der Waals surface area contributed by atoms with Crippen molar-refractivity contribution in [3.05, 3.63) is 35.9 Å². The molecular formula is C14H23N3. The number of hydrazone groups is 1. The molecule has 0 aliphatic heterocycles. The fourth-order valence-electron chi connectivity index (χ4n) is 1.60. The number of nitrogens with one attached hydrogen (secondary N) is 1. The van der Waals surface area contributed by atoms with E-state index in [2.05, 4.69) is 60.7 Å². The topological polar surface area (TPSA) is 27.6 Å². The first-order valence-electron chi connectivity index (χ1n) is 6.13. The SMILES string of the molecule is C/C(Cc1ccccc1)=N\NCCCN(C)C. The van der Waals surface area contributed by atoms with Gasteiger partial charge in [0.1, 0.15) is 0 Å². The largest absolute Gasteiger partial charge is 0.310 e. The molecule has 0 spiro atoms. The minimum absolute atomic E-state index is 0.918. The fourth-order valence-corrected chi connectivity index (χ4v) is 1.60. The van der Waals surface area contributed by atoms with Gasteiger partial charge in [0.25, 0.3) is 0 Å². The number of hydrogen-bond acceptors (Lipinski definition) is 3. The maximum absolute atomic E-state index is 4.36. The number of hydrogen-bond donors (Lipinski definition) is 1. The minimum atomic E-state index is 0.918. The van der Waals surface area contributed by atoms with Gasteiger partial charge >= 0.3 is 0 Å². The van der Waals surface area contributed by atoms with E-state index in [9.17, 15) is 0 Å². The molecule has 0 heterocycles. The molecule has 0 saturated carbocycles.